The van der Waals surface area contributed by atoms with Crippen molar-refractivity contribution in [1.29, 1.82) is 0 Å². The Balaban J connectivity index is -0.000000320. The summed E-state index contributed by atoms with van der Waals surface area (Å²) in [6, 6.07) is 0. The van der Waals surface area contributed by atoms with Crippen molar-refractivity contribution in [3.8, 4) is 0 Å². The van der Waals surface area contributed by atoms with Gasteiger partial charge in [0.1, 0.15) is 0 Å². The summed E-state index contributed by atoms with van der Waals surface area (Å²) in [4.78, 5) is 0. The van der Waals surface area contributed by atoms with E-state index in [2.05, 4.69) is 9.32 Å². The smallest absolute Gasteiger partial charge is 1.00 e. The number of hydrogen-bond donors (Lipinski definition) is 1. The van der Waals surface area contributed by atoms with Crippen molar-refractivity contribution in [2.75, 3.05) is 0 Å². The van der Waals surface area contributed by atoms with Crippen molar-refractivity contribution in [3.05, 3.63) is 0 Å². The zero-order valence-corrected chi connectivity index (χ0v) is 9.53. The van der Waals surface area contributed by atoms with Gasteiger partial charge in [-0.2, -0.15) is 8.42 Å². The van der Waals surface area contributed by atoms with Gasteiger partial charge < -0.3 is 1.43 Å². The van der Waals surface area contributed by atoms with Crippen LogP contribution in [0.15, 0.2) is 0 Å². The quantitative estimate of drug-likeness (QED) is 0.437. The Morgan fingerprint density at radius 2 is 1.70 bits per heavy atom. The van der Waals surface area contributed by atoms with E-state index in [1.54, 1.807) is 20.8 Å². The Morgan fingerprint density at radius 3 is 1.70 bits per heavy atom. The molecule has 0 aromatic heterocycles. The Hall–Kier alpha value is 0.870. The van der Waals surface area contributed by atoms with Gasteiger partial charge in [-0.25, -0.2) is 5.14 Å². The Morgan fingerprint density at radius 1 is 1.40 bits per heavy atom. The molecule has 0 aliphatic rings. The maximum absolute atomic E-state index is 10.2. The second-order valence-electron chi connectivity index (χ2n) is 2.69. The van der Waals surface area contributed by atoms with Gasteiger partial charge in [0.25, 0.3) is 0 Å². The molecule has 0 unspecified atom stereocenters. The first-order valence-electron chi connectivity index (χ1n) is 2.44. The van der Waals surface area contributed by atoms with E-state index in [4.69, 9.17) is 0 Å². The predicted molar refractivity (Wildman–Crippen MR) is 35.1 cm³/mol. The minimum atomic E-state index is -3.78. The van der Waals surface area contributed by atoms with Gasteiger partial charge in [0.15, 0.2) is 0 Å². The van der Waals surface area contributed by atoms with Crippen LogP contribution in [0.1, 0.15) is 22.2 Å². The van der Waals surface area contributed by atoms with E-state index in [-0.39, 0.29) is 31.0 Å². The molecular weight excluding hydrogens is 165 g/mol. The van der Waals surface area contributed by atoms with Gasteiger partial charge in [-0.1, -0.05) is 0 Å². The Kier molecular flexibility index (Phi) is 5.43. The third-order valence-corrected chi connectivity index (χ3v) is 1.10. The van der Waals surface area contributed by atoms with E-state index in [1.165, 1.54) is 0 Å². The molecule has 0 amide bonds. The number of nitrogens with two attached hydrogens (primary N) is 1. The van der Waals surface area contributed by atoms with Crippen LogP contribution in [0.2, 0.25) is 0 Å². The van der Waals surface area contributed by atoms with Crippen LogP contribution in [0.25, 0.3) is 0 Å². The van der Waals surface area contributed by atoms with E-state index in [0.29, 0.717) is 0 Å². The zero-order chi connectivity index (χ0) is 7.71. The van der Waals surface area contributed by atoms with Crippen LogP contribution in [-0.2, 0) is 14.5 Å². The van der Waals surface area contributed by atoms with Crippen molar-refractivity contribution in [2.45, 2.75) is 26.4 Å². The van der Waals surface area contributed by atoms with E-state index in [9.17, 15) is 8.42 Å². The van der Waals surface area contributed by atoms with E-state index >= 15 is 0 Å². The Bertz CT molecular complexity index is 186. The maximum Gasteiger partial charge on any atom is 1.00 e. The molecule has 0 saturated carbocycles. The van der Waals surface area contributed by atoms with Gasteiger partial charge in [0, 0.05) is 0 Å². The summed E-state index contributed by atoms with van der Waals surface area (Å²) >= 11 is 0. The topological polar surface area (TPSA) is 69.4 Å². The molecule has 0 aromatic rings. The zero-order valence-electron chi connectivity index (χ0n) is 7.71. The van der Waals surface area contributed by atoms with Crippen molar-refractivity contribution in [2.24, 2.45) is 5.14 Å². The number of rotatable bonds is 1. The average molecular weight is 177 g/mol. The van der Waals surface area contributed by atoms with Gasteiger partial charge in [-0.05, 0) is 20.8 Å². The average Bonchev–Trinajstić information content (AvgIpc) is 1.14. The summed E-state index contributed by atoms with van der Waals surface area (Å²) in [6.45, 7) is 4.83. The van der Waals surface area contributed by atoms with Crippen molar-refractivity contribution in [1.82, 2.24) is 0 Å². The van der Waals surface area contributed by atoms with Gasteiger partial charge in [0.05, 0.1) is 5.60 Å². The second-order valence-corrected chi connectivity index (χ2v) is 3.84. The normalized spacial score (nSPS) is 12.4. The molecule has 58 valence electrons. The largest absolute Gasteiger partial charge is 1.00 e. The third kappa shape index (κ3) is 11.6. The summed E-state index contributed by atoms with van der Waals surface area (Å²) in [7, 11) is -3.78. The molecule has 0 aliphatic heterocycles. The van der Waals surface area contributed by atoms with E-state index < -0.39 is 15.9 Å². The van der Waals surface area contributed by atoms with Crippen molar-refractivity contribution in [3.63, 3.8) is 0 Å². The first-order chi connectivity index (χ1) is 3.71. The van der Waals surface area contributed by atoms with E-state index in [0.717, 1.165) is 0 Å². The standard InChI is InChI=1S/C4H11NO3S.Na.H/c1-4(2,3)8-9(5,6)7;;/h1-3H3,(H2,5,6,7);;/q;+1;-1. The van der Waals surface area contributed by atoms with Crippen LogP contribution in [-0.4, -0.2) is 14.0 Å². The van der Waals surface area contributed by atoms with Gasteiger partial charge in [0.2, 0.25) is 0 Å². The van der Waals surface area contributed by atoms with Crippen LogP contribution in [0.4, 0.5) is 0 Å². The summed E-state index contributed by atoms with van der Waals surface area (Å²) in [6.07, 6.45) is 0. The van der Waals surface area contributed by atoms with Crippen LogP contribution in [0, 0.1) is 0 Å². The molecule has 10 heavy (non-hydrogen) atoms. The molecule has 0 aromatic carbocycles. The molecule has 0 saturated heterocycles. The van der Waals surface area contributed by atoms with Crippen LogP contribution in [0.3, 0.4) is 0 Å². The summed E-state index contributed by atoms with van der Waals surface area (Å²) in [5.41, 5.74) is -0.729. The SMILES string of the molecule is CC(C)(C)OS(N)(=O)=O.[H-].[Na+]. The van der Waals surface area contributed by atoms with Gasteiger partial charge in [-0.3, -0.25) is 4.18 Å². The fourth-order valence-corrected chi connectivity index (χ4v) is 1.05. The summed E-state index contributed by atoms with van der Waals surface area (Å²) in [5, 5.41) is 4.57. The van der Waals surface area contributed by atoms with E-state index in [1.807, 2.05) is 0 Å². The number of hydrogen-bond acceptors (Lipinski definition) is 3. The molecule has 4 nitrogen and oxygen atoms in total. The third-order valence-electron chi connectivity index (χ3n) is 0.366. The molecule has 0 aliphatic carbocycles. The predicted octanol–water partition coefficient (Wildman–Crippen LogP) is -2.88. The molecule has 0 heterocycles. The van der Waals surface area contributed by atoms with Crippen LogP contribution < -0.4 is 34.7 Å². The molecule has 0 rings (SSSR count). The summed E-state index contributed by atoms with van der Waals surface area (Å²) < 4.78 is 24.8. The monoisotopic (exact) mass is 177 g/mol. The minimum absolute atomic E-state index is 0. The van der Waals surface area contributed by atoms with Crippen molar-refractivity contribution >= 4 is 10.3 Å². The molecule has 0 spiro atoms. The second kappa shape index (κ2) is 4.04. The maximum atomic E-state index is 10.2. The molecule has 0 radical (unpaired) electrons. The minimum Gasteiger partial charge on any atom is -1.00 e. The van der Waals surface area contributed by atoms with Gasteiger partial charge in [-0.15, -0.1) is 0 Å². The van der Waals surface area contributed by atoms with Crippen LogP contribution in [0.5, 0.6) is 0 Å². The fraction of sp³-hybridized carbons (Fsp3) is 1.00. The van der Waals surface area contributed by atoms with Crippen molar-refractivity contribution < 1.29 is 43.6 Å². The molecule has 2 N–H and O–H groups in total. The first kappa shape index (κ1) is 13.5. The fourth-order valence-electron chi connectivity index (χ4n) is 0.348. The molecule has 0 atom stereocenters. The Labute approximate surface area is 85.2 Å². The van der Waals surface area contributed by atoms with Crippen LogP contribution >= 0.6 is 0 Å². The molecule has 0 fully saturated rings. The molecular formula is C4H12NNaO3S. The molecule has 0 bridgehead atoms. The first-order valence-corrected chi connectivity index (χ1v) is 3.91. The summed E-state index contributed by atoms with van der Waals surface area (Å²) in [5.74, 6) is 0. The molecule has 6 heteroatoms. The van der Waals surface area contributed by atoms with Gasteiger partial charge >= 0.3 is 39.9 Å².